The van der Waals surface area contributed by atoms with Crippen LogP contribution in [0.4, 0.5) is 4.79 Å². The molecule has 0 radical (unpaired) electrons. The highest BCUT2D eigenvalue weighted by Crippen LogP contribution is 2.28. The van der Waals surface area contributed by atoms with Crippen LogP contribution in [-0.4, -0.2) is 46.3 Å². The van der Waals surface area contributed by atoms with Gasteiger partial charge in [-0.15, -0.1) is 11.8 Å². The molecular weight excluding hydrogens is 472 g/mol. The molecule has 0 aliphatic heterocycles. The molecule has 3 amide bonds. The van der Waals surface area contributed by atoms with Crippen LogP contribution in [0, 0.1) is 0 Å². The van der Waals surface area contributed by atoms with Crippen LogP contribution in [0.25, 0.3) is 11.1 Å². The number of aliphatic carboxylic acids is 1. The van der Waals surface area contributed by atoms with Crippen molar-refractivity contribution in [2.45, 2.75) is 24.3 Å². The van der Waals surface area contributed by atoms with Crippen molar-refractivity contribution in [2.75, 3.05) is 12.3 Å². The maximum absolute atomic E-state index is 13.3. The summed E-state index contributed by atoms with van der Waals surface area (Å²) in [5, 5.41) is 12.7. The summed E-state index contributed by atoms with van der Waals surface area (Å²) < 4.78 is 0. The van der Waals surface area contributed by atoms with Gasteiger partial charge in [0, 0.05) is 33.3 Å². The number of imide groups is 1. The number of nitrogens with zero attached hydrogens (tertiary/aromatic N) is 1. The number of thioether (sulfide) groups is 1. The van der Waals surface area contributed by atoms with Gasteiger partial charge < -0.3 is 10.4 Å². The summed E-state index contributed by atoms with van der Waals surface area (Å²) in [6, 6.07) is 21.6. The second-order valence-electron chi connectivity index (χ2n) is 7.48. The minimum atomic E-state index is -1.17. The Morgan fingerprint density at radius 1 is 1.00 bits per heavy atom. The zero-order valence-electron chi connectivity index (χ0n) is 18.6. The maximum atomic E-state index is 13.3. The van der Waals surface area contributed by atoms with Crippen LogP contribution in [0.15, 0.2) is 83.8 Å². The fourth-order valence-corrected chi connectivity index (χ4v) is 4.47. The largest absolute Gasteiger partial charge is 0.480 e. The van der Waals surface area contributed by atoms with Crippen LogP contribution in [0.2, 0.25) is 5.02 Å². The van der Waals surface area contributed by atoms with Gasteiger partial charge in [0.2, 0.25) is 0 Å². The molecule has 0 saturated carbocycles. The number of urea groups is 1. The van der Waals surface area contributed by atoms with Crippen LogP contribution in [0.1, 0.15) is 23.7 Å². The highest BCUT2D eigenvalue weighted by atomic mass is 35.5. The number of carboxylic acid groups (broad SMARTS) is 1. The summed E-state index contributed by atoms with van der Waals surface area (Å²) in [5.74, 6) is -1.55. The normalized spacial score (nSPS) is 11.5. The minimum absolute atomic E-state index is 0.126. The third kappa shape index (κ3) is 6.62. The van der Waals surface area contributed by atoms with E-state index in [-0.39, 0.29) is 12.3 Å². The first-order valence-electron chi connectivity index (χ1n) is 10.8. The van der Waals surface area contributed by atoms with Gasteiger partial charge in [-0.25, -0.2) is 9.59 Å². The lowest BCUT2D eigenvalue weighted by atomic mass is 10.0. The second kappa shape index (κ2) is 12.3. The molecule has 0 saturated heterocycles. The first-order valence-corrected chi connectivity index (χ1v) is 12.1. The van der Waals surface area contributed by atoms with Crippen LogP contribution in [0.3, 0.4) is 0 Å². The average Bonchev–Trinajstić information content (AvgIpc) is 2.85. The summed E-state index contributed by atoms with van der Waals surface area (Å²) in [4.78, 5) is 39.9. The smallest absolute Gasteiger partial charge is 0.327 e. The molecule has 0 spiro atoms. The fraction of sp³-hybridized carbons (Fsp3) is 0.192. The van der Waals surface area contributed by atoms with E-state index in [2.05, 4.69) is 5.32 Å². The van der Waals surface area contributed by atoms with Crippen molar-refractivity contribution >= 4 is 41.3 Å². The van der Waals surface area contributed by atoms with Gasteiger partial charge in [-0.1, -0.05) is 67.1 Å². The topological polar surface area (TPSA) is 86.7 Å². The van der Waals surface area contributed by atoms with Crippen molar-refractivity contribution in [3.05, 3.63) is 89.4 Å². The Labute approximate surface area is 207 Å². The van der Waals surface area contributed by atoms with Gasteiger partial charge in [0.25, 0.3) is 5.91 Å². The average molecular weight is 497 g/mol. The molecule has 0 fully saturated rings. The van der Waals surface area contributed by atoms with Crippen molar-refractivity contribution in [1.82, 2.24) is 10.2 Å². The zero-order valence-corrected chi connectivity index (χ0v) is 20.2. The van der Waals surface area contributed by atoms with Crippen molar-refractivity contribution in [1.29, 1.82) is 0 Å². The summed E-state index contributed by atoms with van der Waals surface area (Å²) in [5.41, 5.74) is 1.83. The van der Waals surface area contributed by atoms with E-state index in [1.54, 1.807) is 24.3 Å². The predicted molar refractivity (Wildman–Crippen MR) is 135 cm³/mol. The van der Waals surface area contributed by atoms with Crippen molar-refractivity contribution in [2.24, 2.45) is 0 Å². The minimum Gasteiger partial charge on any atom is -0.480 e. The molecular formula is C26H25ClN2O4S. The number of hydrogen-bond donors (Lipinski definition) is 2. The van der Waals surface area contributed by atoms with E-state index in [9.17, 15) is 19.5 Å². The van der Waals surface area contributed by atoms with E-state index < -0.39 is 23.9 Å². The first-order chi connectivity index (χ1) is 16.4. The second-order valence-corrected chi connectivity index (χ2v) is 8.98. The Kier molecular flexibility index (Phi) is 9.13. The lowest BCUT2D eigenvalue weighted by Gasteiger charge is -2.23. The zero-order chi connectivity index (χ0) is 24.5. The first kappa shape index (κ1) is 25.3. The molecule has 34 heavy (non-hydrogen) atoms. The van der Waals surface area contributed by atoms with E-state index in [1.165, 1.54) is 11.8 Å². The lowest BCUT2D eigenvalue weighted by Crippen LogP contribution is -2.51. The van der Waals surface area contributed by atoms with Gasteiger partial charge >= 0.3 is 12.0 Å². The Morgan fingerprint density at radius 3 is 2.38 bits per heavy atom. The third-order valence-electron chi connectivity index (χ3n) is 4.99. The molecule has 0 bridgehead atoms. The molecule has 6 nitrogen and oxygen atoms in total. The van der Waals surface area contributed by atoms with E-state index >= 15 is 0 Å². The quantitative estimate of drug-likeness (QED) is 0.365. The number of carboxylic acids is 1. The monoisotopic (exact) mass is 496 g/mol. The van der Waals surface area contributed by atoms with Crippen molar-refractivity contribution in [3.8, 4) is 11.1 Å². The van der Waals surface area contributed by atoms with E-state index in [0.29, 0.717) is 17.0 Å². The third-order valence-corrected chi connectivity index (χ3v) is 6.42. The molecule has 2 N–H and O–H groups in total. The molecule has 0 aromatic heterocycles. The highest BCUT2D eigenvalue weighted by molar-refractivity contribution is 7.99. The molecule has 1 atom stereocenters. The van der Waals surface area contributed by atoms with Crippen LogP contribution in [0.5, 0.6) is 0 Å². The fourth-order valence-electron chi connectivity index (χ4n) is 3.29. The van der Waals surface area contributed by atoms with E-state index in [1.807, 2.05) is 61.5 Å². The molecule has 8 heteroatoms. The number of hydrogen-bond acceptors (Lipinski definition) is 4. The van der Waals surface area contributed by atoms with Gasteiger partial charge in [0.1, 0.15) is 6.04 Å². The summed E-state index contributed by atoms with van der Waals surface area (Å²) >= 11 is 7.62. The number of rotatable bonds is 9. The highest BCUT2D eigenvalue weighted by Gasteiger charge is 2.27. The Morgan fingerprint density at radius 2 is 1.71 bits per heavy atom. The standard InChI is InChI=1S/C26H25ClN2O4S/c1-2-15-29(26(33)28-23(25(31)32)17-34-20-11-4-3-5-12-20)24(30)19-10-8-9-18(16-19)21-13-6-7-14-22(21)27/h3-14,16,23H,2,15,17H2,1H3,(H,28,33)(H,31,32)/t23-/m0/s1. The van der Waals surface area contributed by atoms with Gasteiger partial charge in [0.15, 0.2) is 0 Å². The van der Waals surface area contributed by atoms with Gasteiger partial charge in [0.05, 0.1) is 0 Å². The number of nitrogens with one attached hydrogen (secondary N) is 1. The van der Waals surface area contributed by atoms with Crippen molar-refractivity contribution < 1.29 is 19.5 Å². The number of halogens is 1. The summed E-state index contributed by atoms with van der Waals surface area (Å²) in [6.45, 7) is 1.99. The SMILES string of the molecule is CCCN(C(=O)N[C@@H](CSc1ccccc1)C(=O)O)C(=O)c1cccc(-c2ccccc2Cl)c1. The Balaban J connectivity index is 1.77. The number of benzene rings is 3. The number of carbonyl (C=O) groups excluding carboxylic acids is 2. The molecule has 3 aromatic rings. The maximum Gasteiger partial charge on any atom is 0.327 e. The number of carbonyl (C=O) groups is 3. The molecule has 0 heterocycles. The molecule has 3 aromatic carbocycles. The van der Waals surface area contributed by atoms with E-state index in [0.717, 1.165) is 20.9 Å². The van der Waals surface area contributed by atoms with Crippen LogP contribution in [-0.2, 0) is 4.79 Å². The van der Waals surface area contributed by atoms with Crippen LogP contribution >= 0.6 is 23.4 Å². The summed E-state index contributed by atoms with van der Waals surface area (Å²) in [7, 11) is 0. The van der Waals surface area contributed by atoms with Crippen LogP contribution < -0.4 is 5.32 Å². The Bertz CT molecular complexity index is 1160. The lowest BCUT2D eigenvalue weighted by molar-refractivity contribution is -0.138. The molecule has 3 rings (SSSR count). The van der Waals surface area contributed by atoms with E-state index in [4.69, 9.17) is 11.6 Å². The molecule has 0 aliphatic carbocycles. The summed E-state index contributed by atoms with van der Waals surface area (Å²) in [6.07, 6.45) is 0.528. The molecule has 176 valence electrons. The molecule has 0 unspecified atom stereocenters. The predicted octanol–water partition coefficient (Wildman–Crippen LogP) is 5.81. The van der Waals surface area contributed by atoms with Gasteiger partial charge in [-0.05, 0) is 42.3 Å². The Hall–Kier alpha value is -3.29. The van der Waals surface area contributed by atoms with Gasteiger partial charge in [-0.3, -0.25) is 9.69 Å². The van der Waals surface area contributed by atoms with Crippen molar-refractivity contribution in [3.63, 3.8) is 0 Å². The molecule has 0 aliphatic rings. The number of amides is 3. The van der Waals surface area contributed by atoms with Gasteiger partial charge in [-0.2, -0.15) is 0 Å².